The summed E-state index contributed by atoms with van der Waals surface area (Å²) in [6.45, 7) is 1.96. The number of aliphatic hydroxyl groups is 1. The van der Waals surface area contributed by atoms with E-state index in [-0.39, 0.29) is 6.61 Å². The molecule has 0 unspecified atom stereocenters. The van der Waals surface area contributed by atoms with E-state index in [0.29, 0.717) is 12.3 Å². The standard InChI is InChI=1S/C12H13NO2/c1-9-13-8-12(15-9)11-5-3-2-4-10(11)6-7-14/h2-5,8,14H,6-7H2,1H3. The molecular weight excluding hydrogens is 190 g/mol. The number of benzene rings is 1. The fourth-order valence-electron chi connectivity index (χ4n) is 1.59. The lowest BCUT2D eigenvalue weighted by molar-refractivity contribution is 0.299. The second-order valence-corrected chi connectivity index (χ2v) is 3.37. The molecule has 1 aromatic carbocycles. The summed E-state index contributed by atoms with van der Waals surface area (Å²) in [6.07, 6.45) is 2.35. The fourth-order valence-corrected chi connectivity index (χ4v) is 1.59. The predicted molar refractivity (Wildman–Crippen MR) is 57.5 cm³/mol. The molecule has 1 N–H and O–H groups in total. The lowest BCUT2D eigenvalue weighted by Crippen LogP contribution is -1.93. The molecule has 78 valence electrons. The van der Waals surface area contributed by atoms with Crippen LogP contribution < -0.4 is 0 Å². The van der Waals surface area contributed by atoms with Gasteiger partial charge in [-0.2, -0.15) is 0 Å². The molecule has 0 saturated heterocycles. The summed E-state index contributed by atoms with van der Waals surface area (Å²) in [6, 6.07) is 7.88. The predicted octanol–water partition coefficient (Wildman–Crippen LogP) is 2.18. The van der Waals surface area contributed by atoms with Crippen LogP contribution in [0.4, 0.5) is 0 Å². The van der Waals surface area contributed by atoms with Gasteiger partial charge in [-0.3, -0.25) is 0 Å². The SMILES string of the molecule is Cc1ncc(-c2ccccc2CCO)o1. The zero-order valence-electron chi connectivity index (χ0n) is 8.60. The van der Waals surface area contributed by atoms with Crippen molar-refractivity contribution < 1.29 is 9.52 Å². The van der Waals surface area contributed by atoms with Crippen LogP contribution in [0, 0.1) is 6.92 Å². The van der Waals surface area contributed by atoms with Crippen LogP contribution in [0.2, 0.25) is 0 Å². The van der Waals surface area contributed by atoms with Gasteiger partial charge >= 0.3 is 0 Å². The molecule has 2 rings (SSSR count). The van der Waals surface area contributed by atoms with Crippen molar-refractivity contribution in [3.63, 3.8) is 0 Å². The summed E-state index contributed by atoms with van der Waals surface area (Å²) >= 11 is 0. The summed E-state index contributed by atoms with van der Waals surface area (Å²) in [4.78, 5) is 4.07. The molecule has 0 spiro atoms. The van der Waals surface area contributed by atoms with Gasteiger partial charge in [0.25, 0.3) is 0 Å². The number of rotatable bonds is 3. The first-order valence-electron chi connectivity index (χ1n) is 4.93. The van der Waals surface area contributed by atoms with E-state index in [4.69, 9.17) is 9.52 Å². The Labute approximate surface area is 88.4 Å². The Morgan fingerprint density at radius 3 is 2.80 bits per heavy atom. The summed E-state index contributed by atoms with van der Waals surface area (Å²) in [7, 11) is 0. The highest BCUT2D eigenvalue weighted by Crippen LogP contribution is 2.24. The van der Waals surface area contributed by atoms with E-state index in [0.717, 1.165) is 16.9 Å². The van der Waals surface area contributed by atoms with E-state index in [1.165, 1.54) is 0 Å². The number of nitrogens with zero attached hydrogens (tertiary/aromatic N) is 1. The first kappa shape index (κ1) is 9.93. The number of hydrogen-bond donors (Lipinski definition) is 1. The van der Waals surface area contributed by atoms with Gasteiger partial charge in [-0.05, 0) is 12.0 Å². The molecular formula is C12H13NO2. The van der Waals surface area contributed by atoms with E-state index in [2.05, 4.69) is 4.98 Å². The molecule has 0 aliphatic rings. The van der Waals surface area contributed by atoms with Crippen molar-refractivity contribution in [2.75, 3.05) is 6.61 Å². The first-order valence-corrected chi connectivity index (χ1v) is 4.93. The third-order valence-electron chi connectivity index (χ3n) is 2.29. The molecule has 0 radical (unpaired) electrons. The summed E-state index contributed by atoms with van der Waals surface area (Å²) in [5.41, 5.74) is 2.09. The van der Waals surface area contributed by atoms with E-state index in [9.17, 15) is 0 Å². The van der Waals surface area contributed by atoms with Crippen molar-refractivity contribution in [1.29, 1.82) is 0 Å². The van der Waals surface area contributed by atoms with Crippen LogP contribution in [-0.2, 0) is 6.42 Å². The highest BCUT2D eigenvalue weighted by Gasteiger charge is 2.07. The van der Waals surface area contributed by atoms with E-state index >= 15 is 0 Å². The molecule has 1 heterocycles. The third kappa shape index (κ3) is 2.07. The lowest BCUT2D eigenvalue weighted by Gasteiger charge is -2.04. The minimum atomic E-state index is 0.143. The average Bonchev–Trinajstić information content (AvgIpc) is 2.66. The van der Waals surface area contributed by atoms with Crippen LogP contribution >= 0.6 is 0 Å². The molecule has 0 bridgehead atoms. The van der Waals surface area contributed by atoms with Crippen molar-refractivity contribution in [2.45, 2.75) is 13.3 Å². The number of aryl methyl sites for hydroxylation is 1. The molecule has 3 heteroatoms. The maximum atomic E-state index is 8.95. The Balaban J connectivity index is 2.42. The Morgan fingerprint density at radius 1 is 1.33 bits per heavy atom. The van der Waals surface area contributed by atoms with Crippen molar-refractivity contribution in [2.24, 2.45) is 0 Å². The van der Waals surface area contributed by atoms with Crippen molar-refractivity contribution >= 4 is 0 Å². The topological polar surface area (TPSA) is 46.3 Å². The normalized spacial score (nSPS) is 10.5. The average molecular weight is 203 g/mol. The summed E-state index contributed by atoms with van der Waals surface area (Å²) in [5, 5.41) is 8.95. The van der Waals surface area contributed by atoms with Crippen LogP contribution in [0.15, 0.2) is 34.9 Å². The highest BCUT2D eigenvalue weighted by atomic mass is 16.4. The van der Waals surface area contributed by atoms with Gasteiger partial charge in [0.1, 0.15) is 0 Å². The second-order valence-electron chi connectivity index (χ2n) is 3.37. The number of hydrogen-bond acceptors (Lipinski definition) is 3. The summed E-state index contributed by atoms with van der Waals surface area (Å²) < 4.78 is 5.46. The minimum Gasteiger partial charge on any atom is -0.441 e. The maximum absolute atomic E-state index is 8.95. The zero-order chi connectivity index (χ0) is 10.7. The second kappa shape index (κ2) is 4.28. The quantitative estimate of drug-likeness (QED) is 0.831. The van der Waals surface area contributed by atoms with Gasteiger partial charge in [0.05, 0.1) is 6.20 Å². The van der Waals surface area contributed by atoms with Gasteiger partial charge in [-0.15, -0.1) is 0 Å². The summed E-state index contributed by atoms with van der Waals surface area (Å²) in [5.74, 6) is 1.42. The zero-order valence-corrected chi connectivity index (χ0v) is 8.60. The van der Waals surface area contributed by atoms with Gasteiger partial charge in [0, 0.05) is 19.1 Å². The number of oxazole rings is 1. The van der Waals surface area contributed by atoms with Crippen LogP contribution in [0.5, 0.6) is 0 Å². The van der Waals surface area contributed by atoms with Crippen molar-refractivity contribution in [3.05, 3.63) is 41.9 Å². The van der Waals surface area contributed by atoms with Crippen LogP contribution in [-0.4, -0.2) is 16.7 Å². The molecule has 0 atom stereocenters. The molecule has 15 heavy (non-hydrogen) atoms. The van der Waals surface area contributed by atoms with Gasteiger partial charge in [-0.25, -0.2) is 4.98 Å². The monoisotopic (exact) mass is 203 g/mol. The van der Waals surface area contributed by atoms with Crippen LogP contribution in [0.1, 0.15) is 11.5 Å². The molecule has 0 saturated carbocycles. The lowest BCUT2D eigenvalue weighted by atomic mass is 10.0. The number of aromatic nitrogens is 1. The van der Waals surface area contributed by atoms with Crippen molar-refractivity contribution in [3.8, 4) is 11.3 Å². The van der Waals surface area contributed by atoms with Crippen LogP contribution in [0.25, 0.3) is 11.3 Å². The molecule has 0 amide bonds. The van der Waals surface area contributed by atoms with Gasteiger partial charge in [0.15, 0.2) is 11.7 Å². The van der Waals surface area contributed by atoms with Gasteiger partial charge in [0.2, 0.25) is 0 Å². The molecule has 3 nitrogen and oxygen atoms in total. The molecule has 0 fully saturated rings. The molecule has 0 aliphatic carbocycles. The van der Waals surface area contributed by atoms with E-state index in [1.54, 1.807) is 6.20 Å². The maximum Gasteiger partial charge on any atom is 0.191 e. The van der Waals surface area contributed by atoms with Gasteiger partial charge < -0.3 is 9.52 Å². The van der Waals surface area contributed by atoms with E-state index < -0.39 is 0 Å². The highest BCUT2D eigenvalue weighted by molar-refractivity contribution is 5.61. The van der Waals surface area contributed by atoms with Crippen molar-refractivity contribution in [1.82, 2.24) is 4.98 Å². The fraction of sp³-hybridized carbons (Fsp3) is 0.250. The Morgan fingerprint density at radius 2 is 2.13 bits per heavy atom. The van der Waals surface area contributed by atoms with Gasteiger partial charge in [-0.1, -0.05) is 24.3 Å². The Bertz CT molecular complexity index is 448. The number of aliphatic hydroxyl groups excluding tert-OH is 1. The Hall–Kier alpha value is -1.61. The minimum absolute atomic E-state index is 0.143. The Kier molecular flexibility index (Phi) is 2.83. The van der Waals surface area contributed by atoms with Crippen LogP contribution in [0.3, 0.4) is 0 Å². The molecule has 0 aliphatic heterocycles. The first-order chi connectivity index (χ1) is 7.31. The smallest absolute Gasteiger partial charge is 0.191 e. The third-order valence-corrected chi connectivity index (χ3v) is 2.29. The largest absolute Gasteiger partial charge is 0.441 e. The molecule has 1 aromatic heterocycles. The molecule has 2 aromatic rings. The van der Waals surface area contributed by atoms with E-state index in [1.807, 2.05) is 31.2 Å².